The van der Waals surface area contributed by atoms with Crippen LogP contribution in [-0.2, 0) is 6.18 Å². The number of hydrogen-bond acceptors (Lipinski definition) is 4. The van der Waals surface area contributed by atoms with Crippen LogP contribution in [0.4, 0.5) is 18.3 Å². The smallest absolute Gasteiger partial charge is 0.343 e. The maximum Gasteiger partial charge on any atom is 0.416 e. The number of rotatable bonds is 3. The lowest BCUT2D eigenvalue weighted by Crippen LogP contribution is -2.51. The molecule has 0 radical (unpaired) electrons. The van der Waals surface area contributed by atoms with Gasteiger partial charge >= 0.3 is 6.18 Å². The zero-order valence-electron chi connectivity index (χ0n) is 12.3. The summed E-state index contributed by atoms with van der Waals surface area (Å²) in [6, 6.07) is 4.14. The molecule has 0 saturated carbocycles. The second-order valence-electron chi connectivity index (χ2n) is 5.52. The van der Waals surface area contributed by atoms with Crippen molar-refractivity contribution in [3.63, 3.8) is 0 Å². The average molecular weight is 329 g/mol. The molecule has 1 aromatic heterocycles. The fraction of sp³-hybridized carbons (Fsp3) is 0.533. The molecule has 0 unspecified atom stereocenters. The van der Waals surface area contributed by atoms with E-state index < -0.39 is 11.7 Å². The molecule has 1 N–H and O–H groups in total. The minimum Gasteiger partial charge on any atom is -0.343 e. The van der Waals surface area contributed by atoms with E-state index in [9.17, 15) is 13.2 Å². The van der Waals surface area contributed by atoms with Gasteiger partial charge in [0.1, 0.15) is 0 Å². The summed E-state index contributed by atoms with van der Waals surface area (Å²) in [4.78, 5) is 6.78. The van der Waals surface area contributed by atoms with Crippen LogP contribution in [0.1, 0.15) is 25.3 Å². The highest BCUT2D eigenvalue weighted by Gasteiger charge is 2.31. The number of hydrogen-bond donors (Lipinski definition) is 1. The van der Waals surface area contributed by atoms with E-state index in [2.05, 4.69) is 22.1 Å². The van der Waals surface area contributed by atoms with E-state index in [1.54, 1.807) is 0 Å². The summed E-state index contributed by atoms with van der Waals surface area (Å²) >= 11 is 1.35. The largest absolute Gasteiger partial charge is 0.416 e. The van der Waals surface area contributed by atoms with Crippen LogP contribution in [0, 0.1) is 0 Å². The first-order chi connectivity index (χ1) is 10.5. The summed E-state index contributed by atoms with van der Waals surface area (Å²) in [5, 5.41) is 4.20. The topological polar surface area (TPSA) is 28.2 Å². The van der Waals surface area contributed by atoms with Crippen molar-refractivity contribution in [2.45, 2.75) is 32.0 Å². The number of alkyl halides is 3. The van der Waals surface area contributed by atoms with Gasteiger partial charge in [0.2, 0.25) is 0 Å². The molecule has 22 heavy (non-hydrogen) atoms. The number of anilines is 1. The van der Waals surface area contributed by atoms with Crippen LogP contribution in [-0.4, -0.2) is 30.7 Å². The second-order valence-corrected chi connectivity index (χ2v) is 6.53. The number of piperazine rings is 1. The van der Waals surface area contributed by atoms with Crippen LogP contribution in [0.2, 0.25) is 0 Å². The third-order valence-corrected chi connectivity index (χ3v) is 4.98. The molecule has 1 atom stereocenters. The van der Waals surface area contributed by atoms with Crippen molar-refractivity contribution in [3.05, 3.63) is 23.8 Å². The molecule has 1 aromatic carbocycles. The quantitative estimate of drug-likeness (QED) is 0.926. The molecule has 0 bridgehead atoms. The molecule has 3 rings (SSSR count). The van der Waals surface area contributed by atoms with E-state index in [1.807, 2.05) is 0 Å². The molecule has 0 amide bonds. The number of halogens is 3. The molecular weight excluding hydrogens is 311 g/mol. The van der Waals surface area contributed by atoms with Gasteiger partial charge in [-0.1, -0.05) is 24.7 Å². The van der Waals surface area contributed by atoms with Gasteiger partial charge in [-0.05, 0) is 24.6 Å². The van der Waals surface area contributed by atoms with Gasteiger partial charge in [-0.25, -0.2) is 4.98 Å². The van der Waals surface area contributed by atoms with Crippen molar-refractivity contribution in [2.24, 2.45) is 0 Å². The number of nitrogens with zero attached hydrogens (tertiary/aromatic N) is 2. The molecule has 3 nitrogen and oxygen atoms in total. The monoisotopic (exact) mass is 329 g/mol. The fourth-order valence-corrected chi connectivity index (χ4v) is 3.92. The van der Waals surface area contributed by atoms with Crippen LogP contribution in [0.15, 0.2) is 18.2 Å². The number of benzene rings is 1. The Kier molecular flexibility index (Phi) is 4.27. The van der Waals surface area contributed by atoms with E-state index >= 15 is 0 Å². The summed E-state index contributed by atoms with van der Waals surface area (Å²) < 4.78 is 39.0. The molecule has 1 aliphatic rings. The van der Waals surface area contributed by atoms with Crippen molar-refractivity contribution in [3.8, 4) is 0 Å². The highest BCUT2D eigenvalue weighted by atomic mass is 32.1. The number of nitrogens with one attached hydrogen (secondary N) is 1. The Bertz CT molecular complexity index is 651. The van der Waals surface area contributed by atoms with Gasteiger partial charge in [-0.3, -0.25) is 0 Å². The van der Waals surface area contributed by atoms with Gasteiger partial charge in [0.25, 0.3) is 0 Å². The van der Waals surface area contributed by atoms with E-state index in [4.69, 9.17) is 0 Å². The Morgan fingerprint density at radius 3 is 2.95 bits per heavy atom. The molecule has 2 aromatic rings. The lowest BCUT2D eigenvalue weighted by Gasteiger charge is -2.36. The lowest BCUT2D eigenvalue weighted by atomic mass is 10.1. The van der Waals surface area contributed by atoms with E-state index in [1.165, 1.54) is 23.5 Å². The Morgan fingerprint density at radius 2 is 2.23 bits per heavy atom. The van der Waals surface area contributed by atoms with E-state index in [0.717, 1.165) is 43.7 Å². The summed E-state index contributed by atoms with van der Waals surface area (Å²) in [6.45, 7) is 4.76. The maximum absolute atomic E-state index is 12.8. The van der Waals surface area contributed by atoms with Gasteiger partial charge in [0, 0.05) is 25.7 Å². The number of thiazole rings is 1. The van der Waals surface area contributed by atoms with Crippen molar-refractivity contribution >= 4 is 26.7 Å². The standard InChI is InChI=1S/C15H18F3N3S/c1-2-3-11-9-19-6-7-21(11)14-20-12-5-4-10(15(16,17)18)8-13(12)22-14/h4-5,8,11,19H,2-3,6-7,9H2,1H3/t11-/m1/s1. The SMILES string of the molecule is CCC[C@@H]1CNCCN1c1nc2ccc(C(F)(F)F)cc2s1. The fourth-order valence-electron chi connectivity index (χ4n) is 2.82. The molecule has 7 heteroatoms. The van der Waals surface area contributed by atoms with Crippen LogP contribution in [0.5, 0.6) is 0 Å². The minimum atomic E-state index is -4.31. The summed E-state index contributed by atoms with van der Waals surface area (Å²) in [7, 11) is 0. The van der Waals surface area contributed by atoms with Gasteiger partial charge in [-0.2, -0.15) is 13.2 Å². The molecule has 1 saturated heterocycles. The van der Waals surface area contributed by atoms with Gasteiger partial charge in [-0.15, -0.1) is 0 Å². The van der Waals surface area contributed by atoms with Gasteiger partial charge < -0.3 is 10.2 Å². The van der Waals surface area contributed by atoms with Crippen LogP contribution in [0.25, 0.3) is 10.2 Å². The minimum absolute atomic E-state index is 0.362. The highest BCUT2D eigenvalue weighted by molar-refractivity contribution is 7.22. The van der Waals surface area contributed by atoms with Crippen LogP contribution in [0.3, 0.4) is 0 Å². The average Bonchev–Trinajstić information content (AvgIpc) is 2.90. The van der Waals surface area contributed by atoms with Crippen molar-refractivity contribution in [1.82, 2.24) is 10.3 Å². The molecular formula is C15H18F3N3S. The summed E-state index contributed by atoms with van der Waals surface area (Å²) in [6.07, 6.45) is -2.18. The Balaban J connectivity index is 1.93. The Labute approximate surface area is 131 Å². The summed E-state index contributed by atoms with van der Waals surface area (Å²) in [5.41, 5.74) is 0.0300. The van der Waals surface area contributed by atoms with E-state index in [-0.39, 0.29) is 0 Å². The Morgan fingerprint density at radius 1 is 1.41 bits per heavy atom. The predicted molar refractivity (Wildman–Crippen MR) is 83.5 cm³/mol. The van der Waals surface area contributed by atoms with Crippen LogP contribution < -0.4 is 10.2 Å². The number of fused-ring (bicyclic) bond motifs is 1. The molecule has 1 fully saturated rings. The predicted octanol–water partition coefficient (Wildman–Crippen LogP) is 3.89. The van der Waals surface area contributed by atoms with Crippen molar-refractivity contribution < 1.29 is 13.2 Å². The van der Waals surface area contributed by atoms with Gasteiger partial charge in [0.05, 0.1) is 15.8 Å². The van der Waals surface area contributed by atoms with Gasteiger partial charge in [0.15, 0.2) is 5.13 Å². The first-order valence-corrected chi connectivity index (χ1v) is 8.26. The molecule has 0 spiro atoms. The second kappa shape index (κ2) is 6.04. The third-order valence-electron chi connectivity index (χ3n) is 3.92. The number of aromatic nitrogens is 1. The molecule has 0 aliphatic carbocycles. The van der Waals surface area contributed by atoms with E-state index in [0.29, 0.717) is 16.3 Å². The van der Waals surface area contributed by atoms with Crippen molar-refractivity contribution in [1.29, 1.82) is 0 Å². The summed E-state index contributed by atoms with van der Waals surface area (Å²) in [5.74, 6) is 0. The first-order valence-electron chi connectivity index (χ1n) is 7.44. The van der Waals surface area contributed by atoms with Crippen LogP contribution >= 0.6 is 11.3 Å². The molecule has 2 heterocycles. The highest BCUT2D eigenvalue weighted by Crippen LogP contribution is 2.36. The Hall–Kier alpha value is -1.34. The lowest BCUT2D eigenvalue weighted by molar-refractivity contribution is -0.137. The third kappa shape index (κ3) is 3.05. The maximum atomic E-state index is 12.8. The normalized spacial score (nSPS) is 19.8. The zero-order valence-corrected chi connectivity index (χ0v) is 13.1. The zero-order chi connectivity index (χ0) is 15.7. The molecule has 120 valence electrons. The first kappa shape index (κ1) is 15.6. The van der Waals surface area contributed by atoms with Crippen molar-refractivity contribution in [2.75, 3.05) is 24.5 Å². The molecule has 1 aliphatic heterocycles.